The van der Waals surface area contributed by atoms with E-state index in [0.717, 1.165) is 37.5 Å². The molecule has 0 aromatic heterocycles. The summed E-state index contributed by atoms with van der Waals surface area (Å²) in [7, 11) is -3.97. The molecule has 5 nitrogen and oxygen atoms in total. The van der Waals surface area contributed by atoms with Crippen LogP contribution in [-0.4, -0.2) is 20.4 Å². The minimum atomic E-state index is -3.97. The molecule has 0 saturated heterocycles. The van der Waals surface area contributed by atoms with Crippen LogP contribution in [-0.2, 0) is 10.0 Å². The van der Waals surface area contributed by atoms with Gasteiger partial charge in [-0.15, -0.1) is 0 Å². The van der Waals surface area contributed by atoms with Crippen LogP contribution in [0.3, 0.4) is 0 Å². The van der Waals surface area contributed by atoms with Gasteiger partial charge >= 0.3 is 0 Å². The van der Waals surface area contributed by atoms with E-state index >= 15 is 0 Å². The summed E-state index contributed by atoms with van der Waals surface area (Å²) < 4.78 is 36.2. The molecule has 2 fully saturated rings. The Morgan fingerprint density at radius 2 is 2.05 bits per heavy atom. The molecule has 1 aromatic carbocycles. The van der Waals surface area contributed by atoms with E-state index in [1.165, 1.54) is 6.42 Å². The third kappa shape index (κ3) is 2.80. The summed E-state index contributed by atoms with van der Waals surface area (Å²) in [5.41, 5.74) is -0.148. The van der Waals surface area contributed by atoms with Crippen LogP contribution in [0, 0.1) is 17.7 Å². The summed E-state index contributed by atoms with van der Waals surface area (Å²) in [5, 5.41) is 7.80. The second kappa shape index (κ2) is 5.06. The molecule has 2 aliphatic carbocycles. The Morgan fingerprint density at radius 3 is 2.57 bits per heavy atom. The summed E-state index contributed by atoms with van der Waals surface area (Å²) in [6, 6.07) is 3.20. The van der Waals surface area contributed by atoms with Gasteiger partial charge in [0.15, 0.2) is 0 Å². The zero-order valence-corrected chi connectivity index (χ0v) is 12.2. The van der Waals surface area contributed by atoms with E-state index in [4.69, 9.17) is 5.14 Å². The van der Waals surface area contributed by atoms with Crippen LogP contribution in [0.1, 0.15) is 36.0 Å². The number of sulfonamides is 1. The van der Waals surface area contributed by atoms with Gasteiger partial charge in [-0.25, -0.2) is 17.9 Å². The zero-order chi connectivity index (χ0) is 15.2. The quantitative estimate of drug-likeness (QED) is 0.884. The maximum Gasteiger partial charge on any atom is 0.254 e. The normalized spacial score (nSPS) is 27.8. The third-order valence-corrected chi connectivity index (χ3v) is 5.48. The molecule has 0 aliphatic heterocycles. The lowest BCUT2D eigenvalue weighted by Crippen LogP contribution is -2.38. The number of hydrogen-bond acceptors (Lipinski definition) is 3. The van der Waals surface area contributed by atoms with Crippen molar-refractivity contribution in [3.8, 4) is 0 Å². The van der Waals surface area contributed by atoms with Gasteiger partial charge in [0.05, 0.1) is 10.5 Å². The lowest BCUT2D eigenvalue weighted by Gasteiger charge is -2.23. The highest BCUT2D eigenvalue weighted by atomic mass is 32.2. The highest BCUT2D eigenvalue weighted by Crippen LogP contribution is 2.44. The van der Waals surface area contributed by atoms with E-state index in [0.29, 0.717) is 11.8 Å². The number of nitrogens with one attached hydrogen (secondary N) is 1. The molecule has 2 aliphatic rings. The number of primary sulfonamides is 1. The Balaban J connectivity index is 1.76. The van der Waals surface area contributed by atoms with Gasteiger partial charge in [-0.3, -0.25) is 4.79 Å². The molecule has 2 saturated carbocycles. The van der Waals surface area contributed by atoms with Crippen LogP contribution in [0.2, 0.25) is 0 Å². The average molecular weight is 312 g/mol. The molecule has 3 unspecified atom stereocenters. The van der Waals surface area contributed by atoms with E-state index in [1.54, 1.807) is 0 Å². The van der Waals surface area contributed by atoms with Crippen molar-refractivity contribution < 1.29 is 17.6 Å². The van der Waals surface area contributed by atoms with Crippen molar-refractivity contribution >= 4 is 15.9 Å². The maximum absolute atomic E-state index is 13.9. The second-order valence-electron chi connectivity index (χ2n) is 5.94. The number of rotatable bonds is 3. The minimum Gasteiger partial charge on any atom is -0.349 e. The summed E-state index contributed by atoms with van der Waals surface area (Å²) in [6.45, 7) is 0. The number of carbonyl (C=O) groups excluding carboxylic acids is 1. The number of halogens is 1. The largest absolute Gasteiger partial charge is 0.349 e. The first-order valence-electron chi connectivity index (χ1n) is 6.98. The van der Waals surface area contributed by atoms with E-state index in [2.05, 4.69) is 5.32 Å². The zero-order valence-electron chi connectivity index (χ0n) is 11.4. The van der Waals surface area contributed by atoms with Gasteiger partial charge in [0.1, 0.15) is 5.82 Å². The van der Waals surface area contributed by atoms with Crippen LogP contribution in [0.4, 0.5) is 4.39 Å². The van der Waals surface area contributed by atoms with Gasteiger partial charge in [-0.2, -0.15) is 0 Å². The molecule has 0 radical (unpaired) electrons. The number of nitrogens with two attached hydrogens (primary N) is 1. The van der Waals surface area contributed by atoms with E-state index in [9.17, 15) is 17.6 Å². The fourth-order valence-corrected chi connectivity index (χ4v) is 4.05. The number of benzene rings is 1. The molecule has 2 bridgehead atoms. The van der Waals surface area contributed by atoms with E-state index < -0.39 is 21.7 Å². The minimum absolute atomic E-state index is 0.105. The smallest absolute Gasteiger partial charge is 0.254 e. The van der Waals surface area contributed by atoms with Crippen molar-refractivity contribution in [2.24, 2.45) is 17.0 Å². The number of hydrogen-bond donors (Lipinski definition) is 2. The molecule has 3 N–H and O–H groups in total. The molecule has 1 aromatic rings. The molecule has 21 heavy (non-hydrogen) atoms. The van der Waals surface area contributed by atoms with Gasteiger partial charge in [0.25, 0.3) is 5.91 Å². The first-order chi connectivity index (χ1) is 9.84. The van der Waals surface area contributed by atoms with Crippen molar-refractivity contribution in [3.63, 3.8) is 0 Å². The van der Waals surface area contributed by atoms with Crippen molar-refractivity contribution in [1.82, 2.24) is 5.32 Å². The highest BCUT2D eigenvalue weighted by Gasteiger charge is 2.40. The summed E-state index contributed by atoms with van der Waals surface area (Å²) in [6.07, 6.45) is 4.42. The fraction of sp³-hybridized carbons (Fsp3) is 0.500. The Labute approximate surface area is 122 Å². The lowest BCUT2D eigenvalue weighted by atomic mass is 9.95. The molecule has 1 amide bonds. The summed E-state index contributed by atoms with van der Waals surface area (Å²) in [4.78, 5) is 11.8. The summed E-state index contributed by atoms with van der Waals surface area (Å²) in [5.74, 6) is -0.200. The molecule has 7 heteroatoms. The van der Waals surface area contributed by atoms with Gasteiger partial charge in [-0.1, -0.05) is 6.42 Å². The maximum atomic E-state index is 13.9. The van der Waals surface area contributed by atoms with Crippen LogP contribution in [0.5, 0.6) is 0 Å². The standard InChI is InChI=1S/C14H17FN2O3S/c15-12-7-10(21(16,19)20)3-4-11(12)14(18)17-13-6-8-1-2-9(13)5-8/h3-4,7-9,13H,1-2,5-6H2,(H,17,18)(H2,16,19,20). The lowest BCUT2D eigenvalue weighted by molar-refractivity contribution is 0.0918. The third-order valence-electron chi connectivity index (χ3n) is 4.57. The van der Waals surface area contributed by atoms with E-state index in [1.807, 2.05) is 0 Å². The fourth-order valence-electron chi connectivity index (χ4n) is 3.52. The molecule has 0 heterocycles. The topological polar surface area (TPSA) is 89.3 Å². The molecular formula is C14H17FN2O3S. The number of fused-ring (bicyclic) bond motifs is 2. The monoisotopic (exact) mass is 312 g/mol. The molecule has 3 atom stereocenters. The Kier molecular flexibility index (Phi) is 3.49. The Bertz CT molecular complexity index is 689. The molecule has 114 valence electrons. The molecule has 0 spiro atoms. The van der Waals surface area contributed by atoms with Gasteiger partial charge in [-0.05, 0) is 49.3 Å². The van der Waals surface area contributed by atoms with Crippen LogP contribution in [0.15, 0.2) is 23.1 Å². The van der Waals surface area contributed by atoms with Crippen molar-refractivity contribution in [3.05, 3.63) is 29.6 Å². The number of carbonyl (C=O) groups is 1. The van der Waals surface area contributed by atoms with Crippen molar-refractivity contribution in [2.45, 2.75) is 36.6 Å². The van der Waals surface area contributed by atoms with Crippen molar-refractivity contribution in [1.29, 1.82) is 0 Å². The predicted octanol–water partition coefficient (Wildman–Crippen LogP) is 1.39. The van der Waals surface area contributed by atoms with Crippen LogP contribution < -0.4 is 10.5 Å². The average Bonchev–Trinajstić information content (AvgIpc) is 2.99. The van der Waals surface area contributed by atoms with Crippen LogP contribution in [0.25, 0.3) is 0 Å². The summed E-state index contributed by atoms with van der Waals surface area (Å²) >= 11 is 0. The highest BCUT2D eigenvalue weighted by molar-refractivity contribution is 7.89. The first-order valence-corrected chi connectivity index (χ1v) is 8.52. The Hall–Kier alpha value is -1.47. The van der Waals surface area contributed by atoms with Gasteiger partial charge in [0, 0.05) is 6.04 Å². The van der Waals surface area contributed by atoms with Gasteiger partial charge in [0.2, 0.25) is 10.0 Å². The van der Waals surface area contributed by atoms with Gasteiger partial charge < -0.3 is 5.32 Å². The first kappa shape index (κ1) is 14.5. The SMILES string of the molecule is NS(=O)(=O)c1ccc(C(=O)NC2CC3CCC2C3)c(F)c1. The van der Waals surface area contributed by atoms with E-state index in [-0.39, 0.29) is 16.5 Å². The van der Waals surface area contributed by atoms with Crippen molar-refractivity contribution in [2.75, 3.05) is 0 Å². The number of amides is 1. The second-order valence-corrected chi connectivity index (χ2v) is 7.50. The van der Waals surface area contributed by atoms with Crippen LogP contribution >= 0.6 is 0 Å². The molecule has 3 rings (SSSR count). The Morgan fingerprint density at radius 1 is 1.29 bits per heavy atom. The molecular weight excluding hydrogens is 295 g/mol. The predicted molar refractivity (Wildman–Crippen MR) is 74.5 cm³/mol.